The fourth-order valence-electron chi connectivity index (χ4n) is 5.06. The molecule has 0 atom stereocenters. The molecule has 0 spiro atoms. The van der Waals surface area contributed by atoms with Crippen LogP contribution in [0.4, 0.5) is 0 Å². The largest absolute Gasteiger partial charge is 0.379 e. The smallest absolute Gasteiger partial charge is 0.224 e. The van der Waals surface area contributed by atoms with Crippen molar-refractivity contribution in [3.63, 3.8) is 0 Å². The molecule has 0 bridgehead atoms. The number of halogens is 2. The van der Waals surface area contributed by atoms with E-state index in [-0.39, 0.29) is 30.4 Å². The Morgan fingerprint density at radius 2 is 1.59 bits per heavy atom. The summed E-state index contributed by atoms with van der Waals surface area (Å²) in [6, 6.07) is 0.629. The zero-order valence-corrected chi connectivity index (χ0v) is 18.1. The number of carbonyl (C=O) groups is 1. The number of hydrogen-bond donors (Lipinski definition) is 1. The van der Waals surface area contributed by atoms with Crippen molar-refractivity contribution < 1.29 is 9.53 Å². The lowest BCUT2D eigenvalue weighted by Gasteiger charge is -2.44. The molecule has 158 valence electrons. The first-order valence-corrected chi connectivity index (χ1v) is 10.6. The van der Waals surface area contributed by atoms with Crippen molar-refractivity contribution in [1.82, 2.24) is 15.1 Å². The van der Waals surface area contributed by atoms with E-state index in [0.29, 0.717) is 11.9 Å². The van der Waals surface area contributed by atoms with Gasteiger partial charge in [0.25, 0.3) is 0 Å². The predicted molar refractivity (Wildman–Crippen MR) is 113 cm³/mol. The second-order valence-corrected chi connectivity index (χ2v) is 8.71. The quantitative estimate of drug-likeness (QED) is 0.715. The topological polar surface area (TPSA) is 44.8 Å². The average Bonchev–Trinajstić information content (AvgIpc) is 3.38. The minimum Gasteiger partial charge on any atom is -0.379 e. The predicted octanol–water partition coefficient (Wildman–Crippen LogP) is 2.86. The maximum atomic E-state index is 13.0. The zero-order chi connectivity index (χ0) is 17.1. The summed E-state index contributed by atoms with van der Waals surface area (Å²) >= 11 is 0. The van der Waals surface area contributed by atoms with Gasteiger partial charge in [-0.1, -0.05) is 12.8 Å². The van der Waals surface area contributed by atoms with E-state index in [1.165, 1.54) is 45.1 Å². The molecule has 4 rings (SSSR count). The number of rotatable bonds is 6. The van der Waals surface area contributed by atoms with Crippen molar-refractivity contribution in [3.05, 3.63) is 0 Å². The van der Waals surface area contributed by atoms with Crippen molar-refractivity contribution in [2.24, 2.45) is 5.92 Å². The van der Waals surface area contributed by atoms with Crippen LogP contribution in [0.15, 0.2) is 0 Å². The van der Waals surface area contributed by atoms with Gasteiger partial charge in [0.1, 0.15) is 0 Å². The molecule has 2 heterocycles. The summed E-state index contributed by atoms with van der Waals surface area (Å²) in [5.74, 6) is 1.34. The maximum absolute atomic E-state index is 13.0. The number of piperidine rings is 1. The van der Waals surface area contributed by atoms with Gasteiger partial charge < -0.3 is 15.0 Å². The number of likely N-dealkylation sites (tertiary alicyclic amines) is 1. The Morgan fingerprint density at radius 3 is 2.19 bits per heavy atom. The van der Waals surface area contributed by atoms with E-state index in [4.69, 9.17) is 4.74 Å². The van der Waals surface area contributed by atoms with E-state index in [9.17, 15) is 4.79 Å². The molecule has 0 aromatic heterocycles. The molecule has 5 nitrogen and oxygen atoms in total. The van der Waals surface area contributed by atoms with Crippen LogP contribution in [0.2, 0.25) is 0 Å². The summed E-state index contributed by atoms with van der Waals surface area (Å²) in [6.07, 6.45) is 10.7. The zero-order valence-electron chi connectivity index (χ0n) is 16.5. The Bertz CT molecular complexity index is 456. The van der Waals surface area contributed by atoms with Crippen molar-refractivity contribution in [2.45, 2.75) is 69.4 Å². The minimum atomic E-state index is 0. The number of nitrogens with one attached hydrogen (secondary N) is 1. The van der Waals surface area contributed by atoms with Gasteiger partial charge in [0, 0.05) is 44.2 Å². The van der Waals surface area contributed by atoms with Gasteiger partial charge in [-0.25, -0.2) is 0 Å². The number of carbonyl (C=O) groups excluding carboxylic acids is 1. The fraction of sp³-hybridized carbons (Fsp3) is 0.950. The number of amides is 1. The van der Waals surface area contributed by atoms with Crippen LogP contribution in [0.5, 0.6) is 0 Å². The van der Waals surface area contributed by atoms with Crippen LogP contribution in [0.25, 0.3) is 0 Å². The maximum Gasteiger partial charge on any atom is 0.224 e. The number of morpholine rings is 1. The molecule has 7 heteroatoms. The van der Waals surface area contributed by atoms with Crippen LogP contribution in [-0.4, -0.2) is 73.2 Å². The average molecular weight is 422 g/mol. The summed E-state index contributed by atoms with van der Waals surface area (Å²) in [4.78, 5) is 17.8. The summed E-state index contributed by atoms with van der Waals surface area (Å²) in [7, 11) is 0. The highest BCUT2D eigenvalue weighted by Gasteiger charge is 2.42. The van der Waals surface area contributed by atoms with Gasteiger partial charge in [-0.05, 0) is 51.0 Å². The third kappa shape index (κ3) is 5.96. The molecule has 1 N–H and O–H groups in total. The molecule has 4 aliphatic rings. The lowest BCUT2D eigenvalue weighted by atomic mass is 9.89. The summed E-state index contributed by atoms with van der Waals surface area (Å²) in [5, 5.41) is 3.72. The van der Waals surface area contributed by atoms with E-state index in [2.05, 4.69) is 15.1 Å². The first kappa shape index (κ1) is 23.2. The van der Waals surface area contributed by atoms with E-state index in [0.717, 1.165) is 64.6 Å². The van der Waals surface area contributed by atoms with Crippen LogP contribution in [0.1, 0.15) is 57.8 Å². The lowest BCUT2D eigenvalue weighted by molar-refractivity contribution is -0.136. The molecule has 1 amide bonds. The molecular formula is C20H37Cl2N3O2. The van der Waals surface area contributed by atoms with E-state index >= 15 is 0 Å². The van der Waals surface area contributed by atoms with Gasteiger partial charge >= 0.3 is 0 Å². The fourth-order valence-corrected chi connectivity index (χ4v) is 5.06. The molecule has 0 aromatic carbocycles. The Hall–Kier alpha value is -0.0700. The van der Waals surface area contributed by atoms with Crippen molar-refractivity contribution in [3.8, 4) is 0 Å². The van der Waals surface area contributed by atoms with Crippen LogP contribution < -0.4 is 5.32 Å². The van der Waals surface area contributed by atoms with Gasteiger partial charge in [-0.2, -0.15) is 0 Å². The molecular weight excluding hydrogens is 385 g/mol. The number of nitrogens with zero attached hydrogens (tertiary/aromatic N) is 2. The molecule has 27 heavy (non-hydrogen) atoms. The molecule has 4 fully saturated rings. The lowest BCUT2D eigenvalue weighted by Crippen LogP contribution is -2.55. The Balaban J connectivity index is 0.00000131. The van der Waals surface area contributed by atoms with Crippen molar-refractivity contribution in [1.29, 1.82) is 0 Å². The third-order valence-electron chi connectivity index (χ3n) is 6.94. The molecule has 0 radical (unpaired) electrons. The molecule has 0 unspecified atom stereocenters. The highest BCUT2D eigenvalue weighted by atomic mass is 35.5. The van der Waals surface area contributed by atoms with E-state index < -0.39 is 0 Å². The van der Waals surface area contributed by atoms with Crippen LogP contribution in [0.3, 0.4) is 0 Å². The normalized spacial score (nSPS) is 26.3. The highest BCUT2D eigenvalue weighted by Crippen LogP contribution is 2.39. The van der Waals surface area contributed by atoms with Crippen LogP contribution >= 0.6 is 24.8 Å². The summed E-state index contributed by atoms with van der Waals surface area (Å²) in [5.41, 5.74) is 0.127. The van der Waals surface area contributed by atoms with Crippen molar-refractivity contribution in [2.75, 3.05) is 45.9 Å². The van der Waals surface area contributed by atoms with Crippen LogP contribution in [-0.2, 0) is 9.53 Å². The number of hydrogen-bond acceptors (Lipinski definition) is 4. The van der Waals surface area contributed by atoms with Gasteiger partial charge in [0.05, 0.1) is 13.2 Å². The third-order valence-corrected chi connectivity index (χ3v) is 6.94. The summed E-state index contributed by atoms with van der Waals surface area (Å²) < 4.78 is 5.54. The molecule has 2 saturated carbocycles. The molecule has 2 aliphatic carbocycles. The number of ether oxygens (including phenoxy) is 1. The second-order valence-electron chi connectivity index (χ2n) is 8.71. The molecule has 2 saturated heterocycles. The van der Waals surface area contributed by atoms with Gasteiger partial charge in [0.2, 0.25) is 5.91 Å². The molecule has 2 aliphatic heterocycles. The van der Waals surface area contributed by atoms with Gasteiger partial charge in [-0.15, -0.1) is 24.8 Å². The molecule has 0 aromatic rings. The summed E-state index contributed by atoms with van der Waals surface area (Å²) in [6.45, 7) is 6.74. The van der Waals surface area contributed by atoms with E-state index in [1.54, 1.807) is 0 Å². The Morgan fingerprint density at radius 1 is 0.963 bits per heavy atom. The first-order valence-electron chi connectivity index (χ1n) is 10.6. The highest BCUT2D eigenvalue weighted by molar-refractivity contribution is 5.85. The second kappa shape index (κ2) is 10.6. The van der Waals surface area contributed by atoms with Crippen molar-refractivity contribution >= 4 is 30.7 Å². The minimum absolute atomic E-state index is 0. The Kier molecular flexibility index (Phi) is 9.14. The SMILES string of the molecule is Cl.Cl.O=C(CC1(N2CCOCC2)CCCC1)N1CCC(NCC2CC2)CC1. The van der Waals surface area contributed by atoms with Crippen LogP contribution in [0, 0.1) is 5.92 Å². The first-order chi connectivity index (χ1) is 12.3. The standard InChI is InChI=1S/C20H35N3O2.2ClH/c24-19(22-9-5-18(6-10-22)21-16-17-3-4-17)15-20(7-1-2-8-20)23-11-13-25-14-12-23;;/h17-18,21H,1-16H2;2*1H. The van der Waals surface area contributed by atoms with Gasteiger partial charge in [0.15, 0.2) is 0 Å². The van der Waals surface area contributed by atoms with E-state index in [1.807, 2.05) is 0 Å². The monoisotopic (exact) mass is 421 g/mol. The van der Waals surface area contributed by atoms with Gasteiger partial charge in [-0.3, -0.25) is 9.69 Å². The Labute approximate surface area is 176 Å².